The van der Waals surface area contributed by atoms with Crippen molar-refractivity contribution in [2.75, 3.05) is 4.90 Å². The third kappa shape index (κ3) is 3.43. The van der Waals surface area contributed by atoms with E-state index < -0.39 is 0 Å². The summed E-state index contributed by atoms with van der Waals surface area (Å²) in [7, 11) is 0. The van der Waals surface area contributed by atoms with Gasteiger partial charge in [-0.1, -0.05) is 18.2 Å². The van der Waals surface area contributed by atoms with Gasteiger partial charge < -0.3 is 9.52 Å². The molecule has 23 heavy (non-hydrogen) atoms. The third-order valence-corrected chi connectivity index (χ3v) is 3.67. The molecular formula is C17H13BrN2O3. The first-order chi connectivity index (χ1) is 11.1. The monoisotopic (exact) mass is 372 g/mol. The lowest BCUT2D eigenvalue weighted by atomic mass is 10.2. The number of phenolic OH excluding ortho intramolecular Hbond substituents is 1. The molecular weight excluding hydrogens is 360 g/mol. The number of furan rings is 1. The van der Waals surface area contributed by atoms with Gasteiger partial charge in [0.05, 0.1) is 17.9 Å². The van der Waals surface area contributed by atoms with Crippen LogP contribution in [0, 0.1) is 0 Å². The molecule has 1 aromatic carbocycles. The van der Waals surface area contributed by atoms with Crippen LogP contribution in [0.25, 0.3) is 0 Å². The van der Waals surface area contributed by atoms with Crippen molar-refractivity contribution in [1.82, 2.24) is 4.98 Å². The molecule has 5 nitrogen and oxygen atoms in total. The lowest BCUT2D eigenvalue weighted by molar-refractivity contribution is 0.0956. The highest BCUT2D eigenvalue weighted by Gasteiger charge is 2.23. The Kier molecular flexibility index (Phi) is 4.43. The van der Waals surface area contributed by atoms with Gasteiger partial charge in [-0.15, -0.1) is 0 Å². The van der Waals surface area contributed by atoms with E-state index in [0.717, 1.165) is 0 Å². The molecule has 0 atom stereocenters. The normalized spacial score (nSPS) is 10.5. The Morgan fingerprint density at radius 1 is 1.13 bits per heavy atom. The van der Waals surface area contributed by atoms with Crippen LogP contribution in [0.15, 0.2) is 69.9 Å². The number of rotatable bonds is 4. The van der Waals surface area contributed by atoms with Crippen LogP contribution in [0.3, 0.4) is 0 Å². The SMILES string of the molecule is O=C(c1ccc(Br)o1)N(Cc1ccccn1)c1ccccc1O. The predicted octanol–water partition coefficient (Wildman–Crippen LogP) is 3.99. The maximum Gasteiger partial charge on any atom is 0.294 e. The third-order valence-electron chi connectivity index (χ3n) is 3.25. The summed E-state index contributed by atoms with van der Waals surface area (Å²) in [5.74, 6) is -0.165. The molecule has 2 aromatic heterocycles. The van der Waals surface area contributed by atoms with Gasteiger partial charge >= 0.3 is 0 Å². The van der Waals surface area contributed by atoms with Gasteiger partial charge in [0.2, 0.25) is 0 Å². The van der Waals surface area contributed by atoms with Crippen LogP contribution in [-0.4, -0.2) is 16.0 Å². The number of aromatic hydroxyl groups is 1. The Balaban J connectivity index is 1.99. The fraction of sp³-hybridized carbons (Fsp3) is 0.0588. The molecule has 2 heterocycles. The van der Waals surface area contributed by atoms with Crippen LogP contribution in [-0.2, 0) is 6.54 Å². The molecule has 0 radical (unpaired) electrons. The number of carbonyl (C=O) groups excluding carboxylic acids is 1. The minimum Gasteiger partial charge on any atom is -0.506 e. The van der Waals surface area contributed by atoms with Gasteiger partial charge in [-0.25, -0.2) is 0 Å². The molecule has 3 aromatic rings. The maximum absolute atomic E-state index is 12.8. The first-order valence-corrected chi connectivity index (χ1v) is 7.69. The Bertz CT molecular complexity index is 817. The number of amides is 1. The second kappa shape index (κ2) is 6.66. The summed E-state index contributed by atoms with van der Waals surface area (Å²) in [6, 6.07) is 15.4. The molecule has 0 saturated heterocycles. The van der Waals surface area contributed by atoms with E-state index in [0.29, 0.717) is 16.1 Å². The smallest absolute Gasteiger partial charge is 0.294 e. The first kappa shape index (κ1) is 15.3. The summed E-state index contributed by atoms with van der Waals surface area (Å²) in [4.78, 5) is 18.5. The van der Waals surface area contributed by atoms with Gasteiger partial charge in [0, 0.05) is 6.20 Å². The van der Waals surface area contributed by atoms with E-state index in [1.165, 1.54) is 11.0 Å². The van der Waals surface area contributed by atoms with Gasteiger partial charge in [-0.05, 0) is 52.3 Å². The Labute approximate surface area is 141 Å². The minimum absolute atomic E-state index is 0.0161. The standard InChI is InChI=1S/C17H13BrN2O3/c18-16-9-8-15(23-16)17(22)20(11-12-5-3-4-10-19-12)13-6-1-2-7-14(13)21/h1-10,21H,11H2. The molecule has 1 N–H and O–H groups in total. The number of anilines is 1. The van der Waals surface area contributed by atoms with Crippen molar-refractivity contribution in [1.29, 1.82) is 0 Å². The Morgan fingerprint density at radius 3 is 2.57 bits per heavy atom. The van der Waals surface area contributed by atoms with Gasteiger partial charge in [0.15, 0.2) is 10.4 Å². The van der Waals surface area contributed by atoms with Crippen LogP contribution in [0.5, 0.6) is 5.75 Å². The molecule has 116 valence electrons. The Hall–Kier alpha value is -2.60. The number of carbonyl (C=O) groups is 1. The number of nitrogens with zero attached hydrogens (tertiary/aromatic N) is 2. The summed E-state index contributed by atoms with van der Waals surface area (Å²) >= 11 is 3.19. The largest absolute Gasteiger partial charge is 0.506 e. The summed E-state index contributed by atoms with van der Waals surface area (Å²) in [5.41, 5.74) is 1.10. The van der Waals surface area contributed by atoms with Crippen LogP contribution in [0.1, 0.15) is 16.2 Å². The fourth-order valence-corrected chi connectivity index (χ4v) is 2.48. The quantitative estimate of drug-likeness (QED) is 0.751. The van der Waals surface area contributed by atoms with Crippen LogP contribution in [0.4, 0.5) is 5.69 Å². The first-order valence-electron chi connectivity index (χ1n) is 6.90. The summed E-state index contributed by atoms with van der Waals surface area (Å²) in [5, 5.41) is 10.1. The van der Waals surface area contributed by atoms with E-state index in [4.69, 9.17) is 4.42 Å². The van der Waals surface area contributed by atoms with E-state index in [1.54, 1.807) is 42.6 Å². The molecule has 6 heteroatoms. The van der Waals surface area contributed by atoms with Crippen molar-refractivity contribution >= 4 is 27.5 Å². The molecule has 0 bridgehead atoms. The van der Waals surface area contributed by atoms with E-state index in [-0.39, 0.29) is 24.0 Å². The van der Waals surface area contributed by atoms with E-state index in [2.05, 4.69) is 20.9 Å². The van der Waals surface area contributed by atoms with E-state index >= 15 is 0 Å². The maximum atomic E-state index is 12.8. The zero-order chi connectivity index (χ0) is 16.2. The molecule has 0 aliphatic heterocycles. The molecule has 0 saturated carbocycles. The van der Waals surface area contributed by atoms with E-state index in [1.807, 2.05) is 12.1 Å². The fourth-order valence-electron chi connectivity index (χ4n) is 2.17. The molecule has 3 rings (SSSR count). The van der Waals surface area contributed by atoms with Gasteiger partial charge in [0.25, 0.3) is 5.91 Å². The molecule has 0 aliphatic rings. The number of phenols is 1. The minimum atomic E-state index is -0.358. The van der Waals surface area contributed by atoms with Crippen molar-refractivity contribution in [3.05, 3.63) is 76.9 Å². The molecule has 0 unspecified atom stereocenters. The average Bonchev–Trinajstić information content (AvgIpc) is 3.00. The second-order valence-electron chi connectivity index (χ2n) is 4.80. The number of aromatic nitrogens is 1. The summed E-state index contributed by atoms with van der Waals surface area (Å²) < 4.78 is 5.82. The van der Waals surface area contributed by atoms with Gasteiger partial charge in [-0.3, -0.25) is 14.7 Å². The summed E-state index contributed by atoms with van der Waals surface area (Å²) in [6.45, 7) is 0.218. The van der Waals surface area contributed by atoms with Crippen molar-refractivity contribution in [3.8, 4) is 5.75 Å². The highest BCUT2D eigenvalue weighted by Crippen LogP contribution is 2.29. The van der Waals surface area contributed by atoms with Crippen molar-refractivity contribution < 1.29 is 14.3 Å². The van der Waals surface area contributed by atoms with Crippen molar-refractivity contribution in [2.24, 2.45) is 0 Å². The molecule has 0 aliphatic carbocycles. The highest BCUT2D eigenvalue weighted by atomic mass is 79.9. The van der Waals surface area contributed by atoms with Gasteiger partial charge in [0.1, 0.15) is 5.75 Å². The van der Waals surface area contributed by atoms with E-state index in [9.17, 15) is 9.90 Å². The van der Waals surface area contributed by atoms with Crippen LogP contribution >= 0.6 is 15.9 Å². The summed E-state index contributed by atoms with van der Waals surface area (Å²) in [6.07, 6.45) is 1.66. The van der Waals surface area contributed by atoms with Crippen LogP contribution < -0.4 is 4.90 Å². The zero-order valence-corrected chi connectivity index (χ0v) is 13.6. The zero-order valence-electron chi connectivity index (χ0n) is 12.0. The number of para-hydroxylation sites is 2. The second-order valence-corrected chi connectivity index (χ2v) is 5.59. The number of hydrogen-bond acceptors (Lipinski definition) is 4. The molecule has 1 amide bonds. The number of halogens is 1. The molecule has 0 fully saturated rings. The highest BCUT2D eigenvalue weighted by molar-refractivity contribution is 9.10. The van der Waals surface area contributed by atoms with Crippen LogP contribution in [0.2, 0.25) is 0 Å². The average molecular weight is 373 g/mol. The lowest BCUT2D eigenvalue weighted by Crippen LogP contribution is -2.30. The molecule has 0 spiro atoms. The van der Waals surface area contributed by atoms with Crippen molar-refractivity contribution in [3.63, 3.8) is 0 Å². The topological polar surface area (TPSA) is 66.6 Å². The number of pyridine rings is 1. The van der Waals surface area contributed by atoms with Crippen molar-refractivity contribution in [2.45, 2.75) is 6.54 Å². The number of hydrogen-bond donors (Lipinski definition) is 1. The predicted molar refractivity (Wildman–Crippen MR) is 89.3 cm³/mol. The number of benzene rings is 1. The van der Waals surface area contributed by atoms with Gasteiger partial charge in [-0.2, -0.15) is 0 Å². The Morgan fingerprint density at radius 2 is 1.91 bits per heavy atom. The lowest BCUT2D eigenvalue weighted by Gasteiger charge is -2.22.